The zero-order chi connectivity index (χ0) is 15.6. The fourth-order valence-electron chi connectivity index (χ4n) is 1.74. The minimum absolute atomic E-state index is 0.00403. The molecule has 21 heavy (non-hydrogen) atoms. The van der Waals surface area contributed by atoms with Gasteiger partial charge in [-0.2, -0.15) is 0 Å². The van der Waals surface area contributed by atoms with Crippen molar-refractivity contribution < 1.29 is 18.8 Å². The number of hydrogen-bond acceptors (Lipinski definition) is 4. The fourth-order valence-corrected chi connectivity index (χ4v) is 1.74. The first-order valence-corrected chi connectivity index (χ1v) is 5.86. The van der Waals surface area contributed by atoms with Crippen LogP contribution in [-0.4, -0.2) is 16.2 Å². The summed E-state index contributed by atoms with van der Waals surface area (Å²) in [5.74, 6) is -1.97. The van der Waals surface area contributed by atoms with Crippen LogP contribution in [0.3, 0.4) is 0 Å². The number of rotatable bonds is 3. The fraction of sp³-hybridized carbons (Fsp3) is 0.0714. The van der Waals surface area contributed by atoms with Crippen molar-refractivity contribution in [3.63, 3.8) is 0 Å². The number of nitro benzene ring substituents is 1. The normalized spacial score (nSPS) is 11.0. The molecule has 0 aliphatic carbocycles. The first-order valence-electron chi connectivity index (χ1n) is 5.86. The van der Waals surface area contributed by atoms with Gasteiger partial charge >= 0.3 is 0 Å². The molecule has 2 aromatic carbocycles. The molecule has 108 valence electrons. The predicted molar refractivity (Wildman–Crippen MR) is 73.1 cm³/mol. The number of nitro groups is 1. The Kier molecular flexibility index (Phi) is 3.93. The molecule has 0 heterocycles. The number of aromatic hydroxyl groups is 1. The summed E-state index contributed by atoms with van der Waals surface area (Å²) >= 11 is 0. The van der Waals surface area contributed by atoms with Crippen LogP contribution in [0.2, 0.25) is 0 Å². The number of benzene rings is 2. The SMILES string of the molecule is Cc1cc([N+](=O)[O-])cc(C=Nc2c(F)cccc2F)c1O. The Labute approximate surface area is 118 Å². The maximum Gasteiger partial charge on any atom is 0.270 e. The molecule has 0 saturated carbocycles. The van der Waals surface area contributed by atoms with Gasteiger partial charge in [-0.15, -0.1) is 0 Å². The van der Waals surface area contributed by atoms with Gasteiger partial charge < -0.3 is 5.11 Å². The lowest BCUT2D eigenvalue weighted by molar-refractivity contribution is -0.384. The van der Waals surface area contributed by atoms with Crippen LogP contribution < -0.4 is 0 Å². The molecule has 0 spiro atoms. The third-order valence-corrected chi connectivity index (χ3v) is 2.80. The summed E-state index contributed by atoms with van der Waals surface area (Å²) in [6.45, 7) is 1.48. The molecule has 0 saturated heterocycles. The van der Waals surface area contributed by atoms with Crippen LogP contribution in [0.1, 0.15) is 11.1 Å². The van der Waals surface area contributed by atoms with E-state index in [0.29, 0.717) is 0 Å². The van der Waals surface area contributed by atoms with Gasteiger partial charge in [-0.05, 0) is 24.6 Å². The van der Waals surface area contributed by atoms with Gasteiger partial charge in [-0.25, -0.2) is 13.8 Å². The average Bonchev–Trinajstić information content (AvgIpc) is 2.42. The lowest BCUT2D eigenvalue weighted by Crippen LogP contribution is -1.93. The first-order chi connectivity index (χ1) is 9.90. The van der Waals surface area contributed by atoms with E-state index in [1.165, 1.54) is 19.1 Å². The van der Waals surface area contributed by atoms with E-state index in [-0.39, 0.29) is 22.6 Å². The Morgan fingerprint density at radius 3 is 2.48 bits per heavy atom. The second kappa shape index (κ2) is 5.66. The summed E-state index contributed by atoms with van der Waals surface area (Å²) < 4.78 is 26.8. The first kappa shape index (κ1) is 14.6. The van der Waals surface area contributed by atoms with Crippen LogP contribution in [0, 0.1) is 28.7 Å². The predicted octanol–water partition coefficient (Wildman–Crippen LogP) is 3.64. The van der Waals surface area contributed by atoms with Crippen LogP contribution in [0.15, 0.2) is 35.3 Å². The zero-order valence-electron chi connectivity index (χ0n) is 10.9. The second-order valence-electron chi connectivity index (χ2n) is 4.29. The topological polar surface area (TPSA) is 75.7 Å². The van der Waals surface area contributed by atoms with Crippen LogP contribution in [0.4, 0.5) is 20.2 Å². The van der Waals surface area contributed by atoms with Crippen molar-refractivity contribution in [2.45, 2.75) is 6.92 Å². The van der Waals surface area contributed by atoms with Crippen LogP contribution in [0.5, 0.6) is 5.75 Å². The summed E-state index contributed by atoms with van der Waals surface area (Å²) in [5, 5.41) is 20.6. The molecule has 5 nitrogen and oxygen atoms in total. The van der Waals surface area contributed by atoms with Crippen molar-refractivity contribution >= 4 is 17.6 Å². The number of halogens is 2. The molecule has 0 aliphatic rings. The lowest BCUT2D eigenvalue weighted by Gasteiger charge is -2.03. The van der Waals surface area contributed by atoms with Crippen LogP contribution in [0.25, 0.3) is 0 Å². The quantitative estimate of drug-likeness (QED) is 0.533. The summed E-state index contributed by atoms with van der Waals surface area (Å²) in [7, 11) is 0. The zero-order valence-corrected chi connectivity index (χ0v) is 10.9. The van der Waals surface area contributed by atoms with Gasteiger partial charge in [0.1, 0.15) is 11.4 Å². The molecule has 0 bridgehead atoms. The minimum atomic E-state index is -0.868. The molecular weight excluding hydrogens is 282 g/mol. The Bertz CT molecular complexity index is 725. The van der Waals surface area contributed by atoms with Crippen LogP contribution >= 0.6 is 0 Å². The minimum Gasteiger partial charge on any atom is -0.507 e. The van der Waals surface area contributed by atoms with Crippen LogP contribution in [-0.2, 0) is 0 Å². The molecule has 1 N–H and O–H groups in total. The molecule has 2 aromatic rings. The average molecular weight is 292 g/mol. The largest absolute Gasteiger partial charge is 0.507 e. The number of non-ortho nitro benzene ring substituents is 1. The van der Waals surface area contributed by atoms with Crippen molar-refractivity contribution in [1.29, 1.82) is 0 Å². The van der Waals surface area contributed by atoms with E-state index in [9.17, 15) is 24.0 Å². The maximum absolute atomic E-state index is 13.4. The number of hydrogen-bond donors (Lipinski definition) is 1. The molecule has 0 aromatic heterocycles. The third kappa shape index (κ3) is 3.02. The van der Waals surface area contributed by atoms with Gasteiger partial charge in [-0.3, -0.25) is 10.1 Å². The van der Waals surface area contributed by atoms with Crippen molar-refractivity contribution in [1.82, 2.24) is 0 Å². The molecule has 0 fully saturated rings. The second-order valence-corrected chi connectivity index (χ2v) is 4.29. The molecule has 0 amide bonds. The van der Waals surface area contributed by atoms with E-state index in [0.717, 1.165) is 24.4 Å². The van der Waals surface area contributed by atoms with Gasteiger partial charge in [0, 0.05) is 23.9 Å². The summed E-state index contributed by atoms with van der Waals surface area (Å²) in [6, 6.07) is 5.53. The summed E-state index contributed by atoms with van der Waals surface area (Å²) in [5.41, 5.74) is -0.508. The van der Waals surface area contributed by atoms with Crippen molar-refractivity contribution in [3.8, 4) is 5.75 Å². The molecule has 0 radical (unpaired) electrons. The van der Waals surface area contributed by atoms with Crippen molar-refractivity contribution in [3.05, 3.63) is 63.2 Å². The van der Waals surface area contributed by atoms with E-state index >= 15 is 0 Å². The monoisotopic (exact) mass is 292 g/mol. The highest BCUT2D eigenvalue weighted by Crippen LogP contribution is 2.28. The Hall–Kier alpha value is -2.83. The van der Waals surface area contributed by atoms with E-state index in [2.05, 4.69) is 4.99 Å². The number of aliphatic imine (C=N–C) groups is 1. The molecule has 0 atom stereocenters. The van der Waals surface area contributed by atoms with E-state index in [4.69, 9.17) is 0 Å². The molecule has 0 aliphatic heterocycles. The van der Waals surface area contributed by atoms with Gasteiger partial charge in [0.2, 0.25) is 0 Å². The van der Waals surface area contributed by atoms with Gasteiger partial charge in [-0.1, -0.05) is 6.07 Å². The number of aryl methyl sites for hydroxylation is 1. The number of phenols is 1. The lowest BCUT2D eigenvalue weighted by atomic mass is 10.1. The van der Waals surface area contributed by atoms with Gasteiger partial charge in [0.05, 0.1) is 4.92 Å². The van der Waals surface area contributed by atoms with Crippen molar-refractivity contribution in [2.75, 3.05) is 0 Å². The number of para-hydroxylation sites is 1. The number of nitrogens with zero attached hydrogens (tertiary/aromatic N) is 2. The van der Waals surface area contributed by atoms with E-state index in [1.807, 2.05) is 0 Å². The summed E-state index contributed by atoms with van der Waals surface area (Å²) in [4.78, 5) is 13.7. The number of phenolic OH excluding ortho intramolecular Hbond substituents is 1. The maximum atomic E-state index is 13.4. The molecular formula is C14H10F2N2O3. The highest BCUT2D eigenvalue weighted by molar-refractivity contribution is 5.87. The Morgan fingerprint density at radius 2 is 1.90 bits per heavy atom. The summed E-state index contributed by atoms with van der Waals surface area (Å²) in [6.07, 6.45) is 0.983. The highest BCUT2D eigenvalue weighted by Gasteiger charge is 2.13. The Morgan fingerprint density at radius 1 is 1.29 bits per heavy atom. The standard InChI is InChI=1S/C14H10F2N2O3/c1-8-5-10(18(20)21)6-9(14(8)19)7-17-13-11(15)3-2-4-12(13)16/h2-7,19H,1H3. The molecule has 0 unspecified atom stereocenters. The van der Waals surface area contributed by atoms with E-state index < -0.39 is 22.2 Å². The smallest absolute Gasteiger partial charge is 0.270 e. The van der Waals surface area contributed by atoms with Gasteiger partial charge in [0.15, 0.2) is 11.6 Å². The highest BCUT2D eigenvalue weighted by atomic mass is 19.1. The van der Waals surface area contributed by atoms with Crippen molar-refractivity contribution in [2.24, 2.45) is 4.99 Å². The Balaban J connectivity index is 2.48. The molecule has 2 rings (SSSR count). The van der Waals surface area contributed by atoms with E-state index in [1.54, 1.807) is 0 Å². The van der Waals surface area contributed by atoms with Gasteiger partial charge in [0.25, 0.3) is 5.69 Å². The third-order valence-electron chi connectivity index (χ3n) is 2.80. The molecule has 7 heteroatoms.